The topological polar surface area (TPSA) is 40.5 Å². The normalized spacial score (nSPS) is 16.2. The van der Waals surface area contributed by atoms with Crippen molar-refractivity contribution in [2.75, 3.05) is 13.1 Å². The van der Waals surface area contributed by atoms with Gasteiger partial charge in [0.25, 0.3) is 6.43 Å². The fraction of sp³-hybridized carbons (Fsp3) is 0.375. The van der Waals surface area contributed by atoms with Gasteiger partial charge in [-0.15, -0.1) is 0 Å². The van der Waals surface area contributed by atoms with Gasteiger partial charge in [0.1, 0.15) is 0 Å². The number of nitrogens with zero attached hydrogens (tertiary/aromatic N) is 1. The molecule has 13 heavy (non-hydrogen) atoms. The van der Waals surface area contributed by atoms with Crippen LogP contribution in [0.3, 0.4) is 0 Å². The lowest BCUT2D eigenvalue weighted by molar-refractivity contribution is -0.132. The smallest absolute Gasteiger partial charge is 0.333 e. The monoisotopic (exact) mass is 189 g/mol. The van der Waals surface area contributed by atoms with Crippen LogP contribution in [0.25, 0.3) is 0 Å². The van der Waals surface area contributed by atoms with E-state index in [1.165, 1.54) is 23.3 Å². The average molecular weight is 189 g/mol. The Morgan fingerprint density at radius 3 is 2.92 bits per heavy atom. The molecule has 1 aliphatic heterocycles. The van der Waals surface area contributed by atoms with Gasteiger partial charge in [-0.3, -0.25) is 0 Å². The van der Waals surface area contributed by atoms with Crippen LogP contribution in [0.1, 0.15) is 0 Å². The Bertz CT molecular complexity index is 261. The summed E-state index contributed by atoms with van der Waals surface area (Å²) in [5.41, 5.74) is 0.128. The first-order valence-electron chi connectivity index (χ1n) is 3.72. The molecule has 3 nitrogen and oxygen atoms in total. The molecule has 0 saturated carbocycles. The van der Waals surface area contributed by atoms with Crippen molar-refractivity contribution in [2.24, 2.45) is 0 Å². The molecule has 0 saturated heterocycles. The van der Waals surface area contributed by atoms with E-state index >= 15 is 0 Å². The Morgan fingerprint density at radius 2 is 2.38 bits per heavy atom. The first-order chi connectivity index (χ1) is 6.09. The molecule has 0 unspecified atom stereocenters. The van der Waals surface area contributed by atoms with Crippen molar-refractivity contribution in [3.8, 4) is 0 Å². The van der Waals surface area contributed by atoms with E-state index in [4.69, 9.17) is 5.11 Å². The molecule has 0 fully saturated rings. The minimum atomic E-state index is -2.45. The quantitative estimate of drug-likeness (QED) is 0.722. The molecule has 1 N–H and O–H groups in total. The summed E-state index contributed by atoms with van der Waals surface area (Å²) in [6.07, 6.45) is 1.87. The third-order valence-electron chi connectivity index (χ3n) is 1.61. The van der Waals surface area contributed by atoms with Gasteiger partial charge in [-0.1, -0.05) is 0 Å². The van der Waals surface area contributed by atoms with E-state index in [9.17, 15) is 13.6 Å². The molecule has 0 spiro atoms. The summed E-state index contributed by atoms with van der Waals surface area (Å²) in [5.74, 6) is -1.07. The second-order valence-corrected chi connectivity index (χ2v) is 2.66. The summed E-state index contributed by atoms with van der Waals surface area (Å²) in [7, 11) is 0. The number of allylic oxidation sites excluding steroid dienone is 2. The van der Waals surface area contributed by atoms with Gasteiger partial charge in [0, 0.05) is 6.54 Å². The Morgan fingerprint density at radius 1 is 1.69 bits per heavy atom. The van der Waals surface area contributed by atoms with E-state index in [1.54, 1.807) is 0 Å². The number of hydrogen-bond acceptors (Lipinski definition) is 2. The molecule has 1 rings (SSSR count). The zero-order valence-electron chi connectivity index (χ0n) is 6.78. The molecule has 0 bridgehead atoms. The van der Waals surface area contributed by atoms with Gasteiger partial charge in [0.15, 0.2) is 0 Å². The molecule has 0 aromatic rings. The van der Waals surface area contributed by atoms with Crippen LogP contribution in [0.15, 0.2) is 23.9 Å². The number of rotatable bonds is 3. The van der Waals surface area contributed by atoms with Crippen molar-refractivity contribution >= 4 is 5.97 Å². The van der Waals surface area contributed by atoms with Crippen molar-refractivity contribution in [3.05, 3.63) is 23.9 Å². The number of halogens is 2. The summed E-state index contributed by atoms with van der Waals surface area (Å²) in [5, 5.41) is 8.57. The van der Waals surface area contributed by atoms with Crippen molar-refractivity contribution in [1.82, 2.24) is 4.90 Å². The fourth-order valence-corrected chi connectivity index (χ4v) is 1.05. The lowest BCUT2D eigenvalue weighted by atomic mass is 10.2. The van der Waals surface area contributed by atoms with E-state index in [1.807, 2.05) is 0 Å². The van der Waals surface area contributed by atoms with E-state index in [-0.39, 0.29) is 12.1 Å². The zero-order valence-corrected chi connectivity index (χ0v) is 6.78. The predicted molar refractivity (Wildman–Crippen MR) is 42.4 cm³/mol. The van der Waals surface area contributed by atoms with Crippen LogP contribution in [-0.2, 0) is 4.79 Å². The lowest BCUT2D eigenvalue weighted by Crippen LogP contribution is -2.29. The first-order valence-corrected chi connectivity index (χ1v) is 3.72. The molecule has 1 heterocycles. The molecular weight excluding hydrogens is 180 g/mol. The Kier molecular flexibility index (Phi) is 3.00. The molecule has 0 radical (unpaired) electrons. The number of alkyl halides is 2. The van der Waals surface area contributed by atoms with Crippen LogP contribution in [0.2, 0.25) is 0 Å². The fourth-order valence-electron chi connectivity index (χ4n) is 1.05. The van der Waals surface area contributed by atoms with Crippen molar-refractivity contribution in [1.29, 1.82) is 0 Å². The van der Waals surface area contributed by atoms with Crippen molar-refractivity contribution < 1.29 is 18.7 Å². The average Bonchev–Trinajstić information content (AvgIpc) is 2.03. The standard InChI is InChI=1S/C8H9F2NO2/c9-7(10)5-11-3-1-2-6(4-11)8(12)13/h1-3,7H,4-5H2,(H,12,13). The minimum absolute atomic E-state index is 0.0379. The van der Waals surface area contributed by atoms with Gasteiger partial charge in [0.2, 0.25) is 0 Å². The summed E-state index contributed by atoms with van der Waals surface area (Å²) in [4.78, 5) is 11.7. The summed E-state index contributed by atoms with van der Waals surface area (Å²) in [6.45, 7) is -0.392. The number of aliphatic carboxylic acids is 1. The van der Waals surface area contributed by atoms with Crippen LogP contribution < -0.4 is 0 Å². The van der Waals surface area contributed by atoms with Crippen molar-refractivity contribution in [2.45, 2.75) is 6.43 Å². The van der Waals surface area contributed by atoms with E-state index in [2.05, 4.69) is 0 Å². The van der Waals surface area contributed by atoms with Gasteiger partial charge >= 0.3 is 5.97 Å². The zero-order chi connectivity index (χ0) is 9.84. The van der Waals surface area contributed by atoms with E-state index in [0.717, 1.165) is 0 Å². The molecule has 0 aliphatic carbocycles. The van der Waals surface area contributed by atoms with Crippen LogP contribution >= 0.6 is 0 Å². The largest absolute Gasteiger partial charge is 0.478 e. The second kappa shape index (κ2) is 4.02. The molecule has 0 aromatic carbocycles. The van der Waals surface area contributed by atoms with E-state index < -0.39 is 18.9 Å². The maximum atomic E-state index is 11.9. The van der Waals surface area contributed by atoms with Crippen LogP contribution in [0, 0.1) is 0 Å². The maximum absolute atomic E-state index is 11.9. The van der Waals surface area contributed by atoms with Gasteiger partial charge < -0.3 is 10.0 Å². The molecule has 0 aromatic heterocycles. The minimum Gasteiger partial charge on any atom is -0.478 e. The molecular formula is C8H9F2NO2. The number of carboxylic acid groups (broad SMARTS) is 1. The van der Waals surface area contributed by atoms with Crippen molar-refractivity contribution in [3.63, 3.8) is 0 Å². The van der Waals surface area contributed by atoms with E-state index in [0.29, 0.717) is 0 Å². The highest BCUT2D eigenvalue weighted by molar-refractivity contribution is 5.87. The van der Waals surface area contributed by atoms with Gasteiger partial charge in [-0.05, 0) is 18.4 Å². The highest BCUT2D eigenvalue weighted by Crippen LogP contribution is 2.09. The summed E-state index contributed by atoms with van der Waals surface area (Å²) in [6, 6.07) is 0. The van der Waals surface area contributed by atoms with Gasteiger partial charge in [-0.2, -0.15) is 0 Å². The SMILES string of the molecule is O=C(O)C1=CC=CN(CC(F)F)C1. The highest BCUT2D eigenvalue weighted by atomic mass is 19.3. The maximum Gasteiger partial charge on any atom is 0.333 e. The first kappa shape index (κ1) is 9.70. The molecule has 72 valence electrons. The predicted octanol–water partition coefficient (Wildman–Crippen LogP) is 1.09. The molecule has 0 amide bonds. The Labute approximate surface area is 74.0 Å². The molecule has 5 heteroatoms. The Balaban J connectivity index is 2.54. The Hall–Kier alpha value is -1.39. The molecule has 0 atom stereocenters. The van der Waals surface area contributed by atoms with Gasteiger partial charge in [-0.25, -0.2) is 13.6 Å². The number of hydrogen-bond donors (Lipinski definition) is 1. The lowest BCUT2D eigenvalue weighted by Gasteiger charge is -2.22. The third-order valence-corrected chi connectivity index (χ3v) is 1.61. The highest BCUT2D eigenvalue weighted by Gasteiger charge is 2.15. The molecule has 1 aliphatic rings. The van der Waals surface area contributed by atoms with Gasteiger partial charge in [0.05, 0.1) is 12.1 Å². The summed E-state index contributed by atoms with van der Waals surface area (Å²) < 4.78 is 23.8. The number of carboxylic acids is 1. The third kappa shape index (κ3) is 2.85. The second-order valence-electron chi connectivity index (χ2n) is 2.66. The van der Waals surface area contributed by atoms with Crippen LogP contribution in [0.5, 0.6) is 0 Å². The van der Waals surface area contributed by atoms with Crippen LogP contribution in [0.4, 0.5) is 8.78 Å². The van der Waals surface area contributed by atoms with Crippen LogP contribution in [-0.4, -0.2) is 35.5 Å². The summed E-state index contributed by atoms with van der Waals surface area (Å²) >= 11 is 0. The number of carbonyl (C=O) groups is 1.